The Morgan fingerprint density at radius 2 is 1.86 bits per heavy atom. The van der Waals surface area contributed by atoms with Crippen molar-refractivity contribution in [1.29, 1.82) is 0 Å². The Balaban J connectivity index is 1.59. The van der Waals surface area contributed by atoms with E-state index >= 15 is 0 Å². The summed E-state index contributed by atoms with van der Waals surface area (Å²) in [6, 6.07) is 5.37. The van der Waals surface area contributed by atoms with Crippen molar-refractivity contribution in [3.63, 3.8) is 0 Å². The van der Waals surface area contributed by atoms with Crippen LogP contribution in [0.5, 0.6) is 0 Å². The molecular formula is C25H29FN7O2P. The Bertz CT molecular complexity index is 1540. The van der Waals surface area contributed by atoms with Crippen LogP contribution in [-0.2, 0) is 4.57 Å². The molecule has 0 spiro atoms. The minimum absolute atomic E-state index is 0.192. The fraction of sp³-hybridized carbons (Fsp3) is 0.360. The molecule has 0 saturated carbocycles. The van der Waals surface area contributed by atoms with E-state index in [0.717, 1.165) is 18.8 Å². The van der Waals surface area contributed by atoms with Gasteiger partial charge in [-0.05, 0) is 46.2 Å². The van der Waals surface area contributed by atoms with E-state index in [-0.39, 0.29) is 29.0 Å². The molecule has 1 aromatic carbocycles. The summed E-state index contributed by atoms with van der Waals surface area (Å²) < 4.78 is 28.9. The zero-order valence-corrected chi connectivity index (χ0v) is 21.8. The summed E-state index contributed by atoms with van der Waals surface area (Å²) in [5, 5.41) is 6.29. The van der Waals surface area contributed by atoms with Crippen LogP contribution < -0.4 is 21.0 Å². The number of nitrogens with zero attached hydrogens (tertiary/aromatic N) is 5. The third-order valence-corrected chi connectivity index (χ3v) is 7.56. The number of imidazole rings is 1. The number of nitrogens with one attached hydrogen (secondary N) is 2. The minimum Gasteiger partial charge on any atom is -0.367 e. The number of rotatable bonds is 4. The standard InChI is InChI=1S/C25H29FN7O2P/c1-14-10-32(11-15(2)28-14)20-7-6-18(22-23(20)27-9-21(31-22)36(4,5)35)25(34)30-17-8-19(26)24-29-16(3)12-33(24)13-17/h6-9,12-15,28H,10-11H2,1-5H3,(H,30,34)/t14-,15+. The van der Waals surface area contributed by atoms with Crippen LogP contribution in [0.15, 0.2) is 36.8 Å². The summed E-state index contributed by atoms with van der Waals surface area (Å²) in [7, 11) is -2.73. The van der Waals surface area contributed by atoms with E-state index in [1.807, 2.05) is 6.07 Å². The number of hydrogen-bond acceptors (Lipinski definition) is 7. The number of fused-ring (bicyclic) bond motifs is 2. The lowest BCUT2D eigenvalue weighted by atomic mass is 10.1. The molecule has 4 aromatic rings. The quantitative estimate of drug-likeness (QED) is 0.406. The normalized spacial score (nSPS) is 18.7. The molecule has 0 unspecified atom stereocenters. The summed E-state index contributed by atoms with van der Waals surface area (Å²) in [4.78, 5) is 29.1. The van der Waals surface area contributed by atoms with Crippen LogP contribution in [0.3, 0.4) is 0 Å². The lowest BCUT2D eigenvalue weighted by Crippen LogP contribution is -2.54. The first-order valence-corrected chi connectivity index (χ1v) is 14.4. The van der Waals surface area contributed by atoms with Crippen LogP contribution in [-0.4, -0.2) is 63.8 Å². The van der Waals surface area contributed by atoms with E-state index < -0.39 is 18.9 Å². The first-order chi connectivity index (χ1) is 17.0. The van der Waals surface area contributed by atoms with Crippen LogP contribution in [0.25, 0.3) is 16.7 Å². The molecule has 9 nitrogen and oxygen atoms in total. The summed E-state index contributed by atoms with van der Waals surface area (Å²) in [5.41, 5.74) is 3.56. The number of pyridine rings is 1. The Morgan fingerprint density at radius 3 is 2.56 bits per heavy atom. The van der Waals surface area contributed by atoms with Crippen molar-refractivity contribution in [3.05, 3.63) is 53.9 Å². The predicted octanol–water partition coefficient (Wildman–Crippen LogP) is 3.41. The molecule has 1 aliphatic rings. The SMILES string of the molecule is Cc1cn2cc(NC(=O)c3ccc(N4C[C@@H](C)N[C@@H](C)C4)c4ncc(P(C)(C)=O)nc34)cc(F)c2n1. The molecule has 0 radical (unpaired) electrons. The van der Waals surface area contributed by atoms with Crippen molar-refractivity contribution in [2.75, 3.05) is 36.6 Å². The molecule has 11 heteroatoms. The number of amides is 1. The maximum absolute atomic E-state index is 14.6. The molecule has 3 aromatic heterocycles. The van der Waals surface area contributed by atoms with Gasteiger partial charge in [0.05, 0.1) is 28.8 Å². The minimum atomic E-state index is -2.73. The van der Waals surface area contributed by atoms with Crippen molar-refractivity contribution in [1.82, 2.24) is 24.7 Å². The van der Waals surface area contributed by atoms with Gasteiger partial charge in [0.2, 0.25) is 0 Å². The lowest BCUT2D eigenvalue weighted by Gasteiger charge is -2.38. The fourth-order valence-corrected chi connectivity index (χ4v) is 5.42. The monoisotopic (exact) mass is 509 g/mol. The van der Waals surface area contributed by atoms with Crippen LogP contribution in [0.1, 0.15) is 29.9 Å². The highest BCUT2D eigenvalue weighted by Gasteiger charge is 2.26. The molecule has 1 fully saturated rings. The molecular weight excluding hydrogens is 480 g/mol. The molecule has 36 heavy (non-hydrogen) atoms. The van der Waals surface area contributed by atoms with Crippen LogP contribution >= 0.6 is 7.14 Å². The fourth-order valence-electron chi connectivity index (χ4n) is 4.74. The average molecular weight is 510 g/mol. The summed E-state index contributed by atoms with van der Waals surface area (Å²) >= 11 is 0. The second-order valence-electron chi connectivity index (χ2n) is 9.93. The Kier molecular flexibility index (Phi) is 6.04. The van der Waals surface area contributed by atoms with E-state index in [1.165, 1.54) is 16.7 Å². The number of benzene rings is 1. The largest absolute Gasteiger partial charge is 0.367 e. The van der Waals surface area contributed by atoms with E-state index in [2.05, 4.69) is 44.3 Å². The van der Waals surface area contributed by atoms with Crippen molar-refractivity contribution in [2.45, 2.75) is 32.9 Å². The van der Waals surface area contributed by atoms with Crippen molar-refractivity contribution in [3.8, 4) is 0 Å². The second-order valence-corrected chi connectivity index (χ2v) is 13.1. The number of aromatic nitrogens is 4. The van der Waals surface area contributed by atoms with Gasteiger partial charge < -0.3 is 24.5 Å². The van der Waals surface area contributed by atoms with E-state index in [9.17, 15) is 13.8 Å². The van der Waals surface area contributed by atoms with Gasteiger partial charge >= 0.3 is 0 Å². The number of aryl methyl sites for hydroxylation is 1. The van der Waals surface area contributed by atoms with Gasteiger partial charge in [0, 0.05) is 43.6 Å². The molecule has 1 aliphatic heterocycles. The number of hydrogen-bond donors (Lipinski definition) is 2. The zero-order chi connectivity index (χ0) is 25.8. The summed E-state index contributed by atoms with van der Waals surface area (Å²) in [6.45, 7) is 10.8. The first kappa shape index (κ1) is 24.3. The number of carbonyl (C=O) groups excluding carboxylic acids is 1. The van der Waals surface area contributed by atoms with Gasteiger partial charge in [0.15, 0.2) is 11.5 Å². The molecule has 0 bridgehead atoms. The molecule has 0 aliphatic carbocycles. The Morgan fingerprint density at radius 1 is 1.14 bits per heavy atom. The lowest BCUT2D eigenvalue weighted by molar-refractivity contribution is 0.102. The van der Waals surface area contributed by atoms with Crippen LogP contribution in [0.2, 0.25) is 0 Å². The molecule has 1 amide bonds. The highest BCUT2D eigenvalue weighted by Crippen LogP contribution is 2.35. The van der Waals surface area contributed by atoms with E-state index in [0.29, 0.717) is 22.2 Å². The van der Waals surface area contributed by atoms with Gasteiger partial charge in [-0.3, -0.25) is 4.79 Å². The van der Waals surface area contributed by atoms with Crippen LogP contribution in [0.4, 0.5) is 15.8 Å². The highest BCUT2D eigenvalue weighted by atomic mass is 31.2. The van der Waals surface area contributed by atoms with Gasteiger partial charge in [0.1, 0.15) is 23.6 Å². The molecule has 188 valence electrons. The van der Waals surface area contributed by atoms with E-state index in [1.54, 1.807) is 38.7 Å². The number of halogens is 1. The van der Waals surface area contributed by atoms with Gasteiger partial charge in [-0.2, -0.15) is 0 Å². The third-order valence-electron chi connectivity index (χ3n) is 6.24. The van der Waals surface area contributed by atoms with Crippen molar-refractivity contribution >= 4 is 46.5 Å². The summed E-state index contributed by atoms with van der Waals surface area (Å²) in [5.74, 6) is -0.999. The average Bonchev–Trinajstić information content (AvgIpc) is 3.17. The second kappa shape index (κ2) is 8.94. The Hall–Kier alpha value is -3.36. The number of piperazine rings is 1. The topological polar surface area (TPSA) is 105 Å². The number of anilines is 2. The van der Waals surface area contributed by atoms with Gasteiger partial charge in [-0.25, -0.2) is 19.3 Å². The van der Waals surface area contributed by atoms with Crippen LogP contribution in [0, 0.1) is 12.7 Å². The summed E-state index contributed by atoms with van der Waals surface area (Å²) in [6.07, 6.45) is 4.83. The van der Waals surface area contributed by atoms with Crippen molar-refractivity contribution < 1.29 is 13.8 Å². The highest BCUT2D eigenvalue weighted by molar-refractivity contribution is 7.69. The number of carbonyl (C=O) groups is 1. The van der Waals surface area contributed by atoms with Gasteiger partial charge in [-0.15, -0.1) is 0 Å². The zero-order valence-electron chi connectivity index (χ0n) is 20.9. The first-order valence-electron chi connectivity index (χ1n) is 11.8. The predicted molar refractivity (Wildman–Crippen MR) is 141 cm³/mol. The maximum Gasteiger partial charge on any atom is 0.257 e. The van der Waals surface area contributed by atoms with Gasteiger partial charge in [0.25, 0.3) is 5.91 Å². The molecule has 2 atom stereocenters. The maximum atomic E-state index is 14.6. The molecule has 5 rings (SSSR count). The van der Waals surface area contributed by atoms with E-state index in [4.69, 9.17) is 0 Å². The van der Waals surface area contributed by atoms with Crippen molar-refractivity contribution in [2.24, 2.45) is 0 Å². The molecule has 1 saturated heterocycles. The van der Waals surface area contributed by atoms with Gasteiger partial charge in [-0.1, -0.05) is 0 Å². The Labute approximate surface area is 208 Å². The molecule has 2 N–H and O–H groups in total. The molecule has 4 heterocycles. The third kappa shape index (κ3) is 4.58. The smallest absolute Gasteiger partial charge is 0.257 e.